The van der Waals surface area contributed by atoms with Crippen LogP contribution >= 0.6 is 0 Å². The molecule has 0 aliphatic heterocycles. The number of nitrogens with one attached hydrogen (secondary N) is 1. The minimum atomic E-state index is 0. The number of allylic oxidation sites excluding steroid dienone is 4. The third-order valence-corrected chi connectivity index (χ3v) is 1.36. The van der Waals surface area contributed by atoms with Crippen molar-refractivity contribution in [1.82, 2.24) is 5.32 Å². The Morgan fingerprint density at radius 2 is 2.08 bits per heavy atom. The summed E-state index contributed by atoms with van der Waals surface area (Å²) in [6.45, 7) is 6.09. The zero-order chi connectivity index (χ0) is 8.69. The van der Waals surface area contributed by atoms with E-state index in [2.05, 4.69) is 37.9 Å². The molecule has 0 heterocycles. The van der Waals surface area contributed by atoms with E-state index in [4.69, 9.17) is 0 Å². The van der Waals surface area contributed by atoms with Crippen LogP contribution in [0.5, 0.6) is 0 Å². The molecule has 0 saturated heterocycles. The Bertz CT molecular complexity index is 159. The quantitative estimate of drug-likeness (QED) is 0.695. The van der Waals surface area contributed by atoms with Crippen molar-refractivity contribution >= 4 is 0 Å². The maximum absolute atomic E-state index is 3.57. The average molecular weight is 240 g/mol. The first-order valence-corrected chi connectivity index (χ1v) is 4.07. The molecule has 2 heteroatoms. The molecule has 1 N–H and O–H groups in total. The summed E-state index contributed by atoms with van der Waals surface area (Å²) in [6.07, 6.45) is 7.40. The molecule has 0 spiro atoms. The van der Waals surface area contributed by atoms with Crippen LogP contribution in [0.3, 0.4) is 0 Å². The van der Waals surface area contributed by atoms with Gasteiger partial charge in [-0.2, -0.15) is 11.8 Å². The molecule has 0 aromatic rings. The predicted molar refractivity (Wildman–Crippen MR) is 50.6 cm³/mol. The van der Waals surface area contributed by atoms with Gasteiger partial charge in [-0.05, 0) is 0 Å². The van der Waals surface area contributed by atoms with Crippen molar-refractivity contribution < 1.29 is 32.7 Å². The van der Waals surface area contributed by atoms with E-state index in [0.29, 0.717) is 0 Å². The van der Waals surface area contributed by atoms with Gasteiger partial charge in [0.05, 0.1) is 0 Å². The third-order valence-electron chi connectivity index (χ3n) is 1.36. The molecule has 1 aliphatic carbocycles. The first-order chi connectivity index (χ1) is 5.33. The van der Waals surface area contributed by atoms with Crippen molar-refractivity contribution in [1.29, 1.82) is 0 Å². The van der Waals surface area contributed by atoms with Crippen molar-refractivity contribution in [2.24, 2.45) is 0 Å². The Kier molecular flexibility index (Phi) is 11.5. The molecule has 67 valence electrons. The zero-order valence-electron chi connectivity index (χ0n) is 8.22. The van der Waals surface area contributed by atoms with Crippen LogP contribution in [0.15, 0.2) is 23.4 Å². The van der Waals surface area contributed by atoms with Crippen LogP contribution in [0, 0.1) is 13.5 Å². The molecular formula is C10H17NY-2. The van der Waals surface area contributed by atoms with Gasteiger partial charge in [0.25, 0.3) is 0 Å². The minimum Gasteiger partial charge on any atom is -0.567 e. The topological polar surface area (TPSA) is 12.0 Å². The second kappa shape index (κ2) is 9.34. The standard InChI is InChI=1S/C8H11N.C2H6.Y/c1-7-4-3-5-8(6-7)9-2;1-2;/h4-6,9H,2-3H2,1H3;1-2H3;/q-2;;. The molecule has 0 saturated carbocycles. The molecule has 12 heavy (non-hydrogen) atoms. The maximum atomic E-state index is 3.57. The van der Waals surface area contributed by atoms with Gasteiger partial charge >= 0.3 is 0 Å². The van der Waals surface area contributed by atoms with Crippen LogP contribution in [0.25, 0.3) is 0 Å². The van der Waals surface area contributed by atoms with Crippen LogP contribution in [0.4, 0.5) is 0 Å². The summed E-state index contributed by atoms with van der Waals surface area (Å²) in [5.74, 6) is 0. The Hall–Kier alpha value is 0.254. The first-order valence-electron chi connectivity index (χ1n) is 4.07. The van der Waals surface area contributed by atoms with E-state index in [0.717, 1.165) is 12.1 Å². The fourth-order valence-electron chi connectivity index (χ4n) is 0.858. The molecular weight excluding hydrogens is 223 g/mol. The van der Waals surface area contributed by atoms with E-state index < -0.39 is 0 Å². The average Bonchev–Trinajstić information content (AvgIpc) is 2.08. The van der Waals surface area contributed by atoms with Gasteiger partial charge < -0.3 is 5.32 Å². The number of hydrogen-bond donors (Lipinski definition) is 1. The summed E-state index contributed by atoms with van der Waals surface area (Å²) in [7, 11) is 3.57. The van der Waals surface area contributed by atoms with Crippen LogP contribution in [-0.2, 0) is 32.7 Å². The third kappa shape index (κ3) is 5.85. The summed E-state index contributed by atoms with van der Waals surface area (Å²) >= 11 is 0. The molecule has 0 aromatic carbocycles. The SMILES string of the molecule is CC.[CH2-]NC1=CC(C)=CC[CH-]1.[Y]. The van der Waals surface area contributed by atoms with Gasteiger partial charge in [-0.1, -0.05) is 27.2 Å². The first kappa shape index (κ1) is 14.8. The summed E-state index contributed by atoms with van der Waals surface area (Å²) in [5, 5.41) is 2.85. The molecule has 0 bridgehead atoms. The van der Waals surface area contributed by atoms with Crippen molar-refractivity contribution in [3.8, 4) is 0 Å². The van der Waals surface area contributed by atoms with Crippen LogP contribution in [0.1, 0.15) is 27.2 Å². The van der Waals surface area contributed by atoms with Crippen LogP contribution < -0.4 is 5.32 Å². The normalized spacial score (nSPS) is 13.7. The van der Waals surface area contributed by atoms with Crippen molar-refractivity contribution in [3.05, 3.63) is 36.9 Å². The predicted octanol–water partition coefficient (Wildman–Crippen LogP) is 2.83. The molecule has 1 radical (unpaired) electrons. The van der Waals surface area contributed by atoms with E-state index in [-0.39, 0.29) is 32.7 Å². The van der Waals surface area contributed by atoms with Gasteiger partial charge in [-0.25, -0.2) is 6.42 Å². The summed E-state index contributed by atoms with van der Waals surface area (Å²) < 4.78 is 0. The Labute approximate surface area is 102 Å². The van der Waals surface area contributed by atoms with Crippen LogP contribution in [0.2, 0.25) is 0 Å². The van der Waals surface area contributed by atoms with E-state index in [9.17, 15) is 0 Å². The fourth-order valence-corrected chi connectivity index (χ4v) is 0.858. The molecule has 0 aromatic heterocycles. The van der Waals surface area contributed by atoms with Crippen LogP contribution in [-0.4, -0.2) is 0 Å². The number of hydrogen-bond acceptors (Lipinski definition) is 1. The van der Waals surface area contributed by atoms with Crippen molar-refractivity contribution in [2.75, 3.05) is 0 Å². The van der Waals surface area contributed by atoms with Gasteiger partial charge in [0.15, 0.2) is 0 Å². The molecule has 1 nitrogen and oxygen atoms in total. The Balaban J connectivity index is 0. The van der Waals surface area contributed by atoms with E-state index in [1.165, 1.54) is 5.57 Å². The van der Waals surface area contributed by atoms with Gasteiger partial charge in [0.1, 0.15) is 0 Å². The molecule has 1 rings (SSSR count). The largest absolute Gasteiger partial charge is 0.567 e. The molecule has 1 aliphatic rings. The molecule has 0 atom stereocenters. The van der Waals surface area contributed by atoms with Gasteiger partial charge in [-0.15, -0.1) is 11.6 Å². The van der Waals surface area contributed by atoms with Gasteiger partial charge in [-0.3, -0.25) is 7.05 Å². The molecule has 0 fully saturated rings. The van der Waals surface area contributed by atoms with Crippen molar-refractivity contribution in [2.45, 2.75) is 27.2 Å². The smallest absolute Gasteiger partial charge is 0 e. The zero-order valence-corrected chi connectivity index (χ0v) is 11.1. The Morgan fingerprint density at radius 3 is 2.42 bits per heavy atom. The van der Waals surface area contributed by atoms with Gasteiger partial charge in [0, 0.05) is 32.7 Å². The van der Waals surface area contributed by atoms with E-state index in [1.807, 2.05) is 13.8 Å². The summed E-state index contributed by atoms with van der Waals surface area (Å²) in [4.78, 5) is 0. The molecule has 0 amide bonds. The van der Waals surface area contributed by atoms with Crippen molar-refractivity contribution in [3.63, 3.8) is 0 Å². The fraction of sp³-hybridized carbons (Fsp3) is 0.400. The van der Waals surface area contributed by atoms with E-state index >= 15 is 0 Å². The maximum Gasteiger partial charge on any atom is 0 e. The number of rotatable bonds is 1. The monoisotopic (exact) mass is 240 g/mol. The second-order valence-electron chi connectivity index (χ2n) is 2.16. The minimum absolute atomic E-state index is 0. The summed E-state index contributed by atoms with van der Waals surface area (Å²) in [6, 6.07) is 0. The molecule has 0 unspecified atom stereocenters. The summed E-state index contributed by atoms with van der Waals surface area (Å²) in [5.41, 5.74) is 2.43. The Morgan fingerprint density at radius 1 is 1.50 bits per heavy atom. The second-order valence-corrected chi connectivity index (χ2v) is 2.16. The van der Waals surface area contributed by atoms with E-state index in [1.54, 1.807) is 0 Å². The van der Waals surface area contributed by atoms with Gasteiger partial charge in [0.2, 0.25) is 0 Å².